The van der Waals surface area contributed by atoms with Crippen LogP contribution in [0.4, 0.5) is 4.39 Å². The number of nitrogens with zero attached hydrogens (tertiary/aromatic N) is 2. The number of ether oxygens (including phenoxy) is 2. The summed E-state index contributed by atoms with van der Waals surface area (Å²) in [5, 5.41) is 0. The molecule has 0 saturated carbocycles. The zero-order valence-corrected chi connectivity index (χ0v) is 17.4. The Balaban J connectivity index is 1.32. The highest BCUT2D eigenvalue weighted by Gasteiger charge is 2.16. The molecule has 3 rings (SSSR count). The first-order valence-electron chi connectivity index (χ1n) is 9.66. The van der Waals surface area contributed by atoms with E-state index < -0.39 is 9.84 Å². The Kier molecular flexibility index (Phi) is 7.46. The minimum absolute atomic E-state index is 0.263. The van der Waals surface area contributed by atoms with Gasteiger partial charge in [0, 0.05) is 45.5 Å². The van der Waals surface area contributed by atoms with Crippen LogP contribution < -0.4 is 9.47 Å². The van der Waals surface area contributed by atoms with Crippen LogP contribution in [0.1, 0.15) is 0 Å². The molecule has 0 bridgehead atoms. The van der Waals surface area contributed by atoms with Crippen molar-refractivity contribution in [1.29, 1.82) is 0 Å². The van der Waals surface area contributed by atoms with Crippen LogP contribution >= 0.6 is 0 Å². The third kappa shape index (κ3) is 6.99. The monoisotopic (exact) mass is 422 g/mol. The minimum atomic E-state index is -3.23. The quantitative estimate of drug-likeness (QED) is 0.618. The lowest BCUT2D eigenvalue weighted by molar-refractivity contribution is 0.105. The fourth-order valence-electron chi connectivity index (χ4n) is 3.15. The molecule has 0 radical (unpaired) electrons. The lowest BCUT2D eigenvalue weighted by atomic mass is 10.3. The second-order valence-corrected chi connectivity index (χ2v) is 9.10. The summed E-state index contributed by atoms with van der Waals surface area (Å²) in [4.78, 5) is 4.94. The summed E-state index contributed by atoms with van der Waals surface area (Å²) in [6.45, 7) is 6.52. The van der Waals surface area contributed by atoms with E-state index in [2.05, 4.69) is 9.80 Å². The highest BCUT2D eigenvalue weighted by molar-refractivity contribution is 7.90. The Labute approximate surface area is 171 Å². The molecule has 2 aromatic carbocycles. The molecule has 0 amide bonds. The van der Waals surface area contributed by atoms with E-state index in [-0.39, 0.29) is 10.7 Å². The third-order valence-corrected chi connectivity index (χ3v) is 5.97. The van der Waals surface area contributed by atoms with Crippen LogP contribution in [0.5, 0.6) is 11.5 Å². The molecule has 1 heterocycles. The maximum atomic E-state index is 12.9. The largest absolute Gasteiger partial charge is 0.492 e. The summed E-state index contributed by atoms with van der Waals surface area (Å²) in [5.74, 6) is 0.993. The first kappa shape index (κ1) is 21.5. The molecule has 1 fully saturated rings. The third-order valence-electron chi connectivity index (χ3n) is 4.86. The van der Waals surface area contributed by atoms with Crippen molar-refractivity contribution in [3.05, 3.63) is 54.3 Å². The van der Waals surface area contributed by atoms with Gasteiger partial charge in [0.15, 0.2) is 9.84 Å². The molecule has 0 aliphatic carbocycles. The van der Waals surface area contributed by atoms with Gasteiger partial charge < -0.3 is 9.47 Å². The molecule has 6 nitrogen and oxygen atoms in total. The predicted octanol–water partition coefficient (Wildman–Crippen LogP) is 2.30. The first-order valence-corrected chi connectivity index (χ1v) is 11.6. The van der Waals surface area contributed by atoms with Gasteiger partial charge in [-0.15, -0.1) is 0 Å². The molecule has 1 aliphatic rings. The van der Waals surface area contributed by atoms with E-state index in [1.807, 2.05) is 0 Å². The summed E-state index contributed by atoms with van der Waals surface area (Å²) in [7, 11) is -3.23. The molecule has 0 N–H and O–H groups in total. The molecule has 1 saturated heterocycles. The van der Waals surface area contributed by atoms with Gasteiger partial charge >= 0.3 is 0 Å². The van der Waals surface area contributed by atoms with Gasteiger partial charge in [0.25, 0.3) is 0 Å². The van der Waals surface area contributed by atoms with Crippen LogP contribution in [0.15, 0.2) is 53.4 Å². The second-order valence-electron chi connectivity index (χ2n) is 7.08. The second kappa shape index (κ2) is 10.0. The van der Waals surface area contributed by atoms with Gasteiger partial charge in [-0.1, -0.05) is 6.07 Å². The first-order chi connectivity index (χ1) is 13.9. The fraction of sp³-hybridized carbons (Fsp3) is 0.429. The number of halogens is 1. The van der Waals surface area contributed by atoms with E-state index >= 15 is 0 Å². The van der Waals surface area contributed by atoms with Crippen molar-refractivity contribution in [2.24, 2.45) is 0 Å². The maximum absolute atomic E-state index is 12.9. The van der Waals surface area contributed by atoms with Crippen LogP contribution in [0.3, 0.4) is 0 Å². The van der Waals surface area contributed by atoms with Crippen molar-refractivity contribution < 1.29 is 22.3 Å². The smallest absolute Gasteiger partial charge is 0.175 e. The molecular formula is C21H27FN2O4S. The normalized spacial score (nSPS) is 15.9. The lowest BCUT2D eigenvalue weighted by Gasteiger charge is -2.34. The molecule has 0 unspecified atom stereocenters. The molecule has 158 valence electrons. The van der Waals surface area contributed by atoms with Crippen LogP contribution in [0.25, 0.3) is 0 Å². The minimum Gasteiger partial charge on any atom is -0.492 e. The Morgan fingerprint density at radius 2 is 1.41 bits per heavy atom. The van der Waals surface area contributed by atoms with Crippen LogP contribution in [-0.2, 0) is 9.84 Å². The summed E-state index contributed by atoms with van der Waals surface area (Å²) in [6, 6.07) is 12.7. The highest BCUT2D eigenvalue weighted by Crippen LogP contribution is 2.17. The molecule has 2 aromatic rings. The summed E-state index contributed by atoms with van der Waals surface area (Å²) < 4.78 is 47.5. The van der Waals surface area contributed by atoms with Crippen molar-refractivity contribution in [2.45, 2.75) is 4.90 Å². The van der Waals surface area contributed by atoms with E-state index in [1.165, 1.54) is 18.4 Å². The number of hydrogen-bond donors (Lipinski definition) is 0. The van der Waals surface area contributed by atoms with Gasteiger partial charge in [0.2, 0.25) is 0 Å². The fourth-order valence-corrected chi connectivity index (χ4v) is 3.80. The van der Waals surface area contributed by atoms with Crippen LogP contribution in [-0.4, -0.2) is 77.0 Å². The summed E-state index contributed by atoms with van der Waals surface area (Å²) in [6.07, 6.45) is 1.19. The van der Waals surface area contributed by atoms with Crippen molar-refractivity contribution in [3.63, 3.8) is 0 Å². The summed E-state index contributed by atoms with van der Waals surface area (Å²) >= 11 is 0. The number of sulfone groups is 1. The highest BCUT2D eigenvalue weighted by atomic mass is 32.2. The summed E-state index contributed by atoms with van der Waals surface area (Å²) in [5.41, 5.74) is 0. The van der Waals surface area contributed by atoms with Crippen molar-refractivity contribution in [1.82, 2.24) is 9.80 Å². The van der Waals surface area contributed by atoms with Gasteiger partial charge in [-0.05, 0) is 42.5 Å². The average molecular weight is 423 g/mol. The van der Waals surface area contributed by atoms with E-state index in [0.717, 1.165) is 39.3 Å². The molecule has 29 heavy (non-hydrogen) atoms. The van der Waals surface area contributed by atoms with Gasteiger partial charge in [0.1, 0.15) is 30.5 Å². The Morgan fingerprint density at radius 3 is 1.97 bits per heavy atom. The van der Waals surface area contributed by atoms with Gasteiger partial charge in [-0.3, -0.25) is 9.80 Å². The number of hydrogen-bond acceptors (Lipinski definition) is 6. The molecule has 1 aliphatic heterocycles. The Bertz CT molecular complexity index is 882. The number of rotatable bonds is 9. The molecule has 0 aromatic heterocycles. The van der Waals surface area contributed by atoms with E-state index in [9.17, 15) is 12.8 Å². The van der Waals surface area contributed by atoms with Crippen molar-refractivity contribution >= 4 is 9.84 Å². The van der Waals surface area contributed by atoms with Gasteiger partial charge in [-0.25, -0.2) is 12.8 Å². The van der Waals surface area contributed by atoms with Crippen LogP contribution in [0.2, 0.25) is 0 Å². The Hall–Kier alpha value is -2.16. The molecule has 0 spiro atoms. The average Bonchev–Trinajstić information content (AvgIpc) is 2.70. The zero-order chi connectivity index (χ0) is 20.7. The lowest BCUT2D eigenvalue weighted by Crippen LogP contribution is -2.48. The zero-order valence-electron chi connectivity index (χ0n) is 16.6. The maximum Gasteiger partial charge on any atom is 0.175 e. The van der Waals surface area contributed by atoms with Crippen molar-refractivity contribution in [2.75, 3.05) is 58.7 Å². The predicted molar refractivity (Wildman–Crippen MR) is 110 cm³/mol. The van der Waals surface area contributed by atoms with Crippen LogP contribution in [0, 0.1) is 5.82 Å². The SMILES string of the molecule is CS(=O)(=O)c1cccc(OCCN2CCN(CCOc3ccc(F)cc3)CC2)c1. The molecule has 8 heteroatoms. The topological polar surface area (TPSA) is 59.1 Å². The van der Waals surface area contributed by atoms with Crippen molar-refractivity contribution in [3.8, 4) is 11.5 Å². The Morgan fingerprint density at radius 1 is 0.862 bits per heavy atom. The van der Waals surface area contributed by atoms with E-state index in [4.69, 9.17) is 9.47 Å². The number of piperazine rings is 1. The van der Waals surface area contributed by atoms with E-state index in [1.54, 1.807) is 36.4 Å². The standard InChI is InChI=1S/C21H27FN2O4S/c1-29(25,26)21-4-2-3-20(17-21)28-16-14-24-11-9-23(10-12-24)13-15-27-19-7-5-18(22)6-8-19/h2-8,17H,9-16H2,1H3. The van der Waals surface area contributed by atoms with E-state index in [0.29, 0.717) is 24.7 Å². The van der Waals surface area contributed by atoms with Gasteiger partial charge in [-0.2, -0.15) is 0 Å². The molecular weight excluding hydrogens is 395 g/mol. The molecule has 0 atom stereocenters. The number of benzene rings is 2. The van der Waals surface area contributed by atoms with Gasteiger partial charge in [0.05, 0.1) is 4.90 Å².